The van der Waals surface area contributed by atoms with Gasteiger partial charge in [-0.25, -0.2) is 17.5 Å². The van der Waals surface area contributed by atoms with Gasteiger partial charge in [0.1, 0.15) is 10.7 Å². The second-order valence-corrected chi connectivity index (χ2v) is 7.18. The molecule has 1 N–H and O–H groups in total. The highest BCUT2D eigenvalue weighted by Gasteiger charge is 2.32. The van der Waals surface area contributed by atoms with E-state index in [4.69, 9.17) is 11.6 Å². The smallest absolute Gasteiger partial charge is 0.208 e. The summed E-state index contributed by atoms with van der Waals surface area (Å²) in [5.41, 5.74) is 0. The molecule has 17 heavy (non-hydrogen) atoms. The van der Waals surface area contributed by atoms with Gasteiger partial charge in [0.2, 0.25) is 10.0 Å². The molecule has 0 aromatic heterocycles. The Morgan fingerprint density at radius 1 is 1.41 bits per heavy atom. The Morgan fingerprint density at radius 3 is 2.59 bits per heavy atom. The fourth-order valence-electron chi connectivity index (χ4n) is 1.62. The van der Waals surface area contributed by atoms with E-state index in [2.05, 4.69) is 20.7 Å². The molecule has 1 aromatic carbocycles. The lowest BCUT2D eigenvalue weighted by atomic mass is 9.94. The maximum atomic E-state index is 13.5. The van der Waals surface area contributed by atoms with Gasteiger partial charge in [0.05, 0.1) is 0 Å². The molecule has 0 unspecified atom stereocenters. The Labute approximate surface area is 113 Å². The van der Waals surface area contributed by atoms with Gasteiger partial charge in [-0.1, -0.05) is 15.9 Å². The Bertz CT molecular complexity index is 531. The molecule has 0 bridgehead atoms. The average Bonchev–Trinajstić information content (AvgIpc) is 2.14. The van der Waals surface area contributed by atoms with E-state index in [-0.39, 0.29) is 16.3 Å². The van der Waals surface area contributed by atoms with Crippen molar-refractivity contribution in [1.29, 1.82) is 0 Å². The molecular weight excluding hydrogens is 333 g/mol. The molecule has 0 saturated heterocycles. The van der Waals surface area contributed by atoms with Gasteiger partial charge >= 0.3 is 0 Å². The van der Waals surface area contributed by atoms with E-state index in [0.29, 0.717) is 17.3 Å². The highest BCUT2D eigenvalue weighted by atomic mass is 79.9. The van der Waals surface area contributed by atoms with Gasteiger partial charge in [-0.2, -0.15) is 0 Å². The predicted molar refractivity (Wildman–Crippen MR) is 67.1 cm³/mol. The zero-order valence-corrected chi connectivity index (χ0v) is 11.8. The Balaban J connectivity index is 2.20. The van der Waals surface area contributed by atoms with Crippen LogP contribution in [0.1, 0.15) is 12.8 Å². The van der Waals surface area contributed by atoms with Crippen LogP contribution < -0.4 is 4.72 Å². The first kappa shape index (κ1) is 13.3. The van der Waals surface area contributed by atoms with Crippen LogP contribution in [0.25, 0.3) is 0 Å². The number of sulfonamides is 1. The lowest BCUT2D eigenvalue weighted by Gasteiger charge is -2.31. The molecule has 94 valence electrons. The molecule has 1 aromatic rings. The summed E-state index contributed by atoms with van der Waals surface area (Å²) < 4.78 is 40.2. The van der Waals surface area contributed by atoms with Gasteiger partial charge in [-0.05, 0) is 31.0 Å². The van der Waals surface area contributed by atoms with Gasteiger partial charge in [0, 0.05) is 15.9 Å². The summed E-state index contributed by atoms with van der Waals surface area (Å²) >= 11 is 8.83. The zero-order chi connectivity index (χ0) is 12.6. The minimum Gasteiger partial charge on any atom is -0.208 e. The lowest BCUT2D eigenvalue weighted by molar-refractivity contribution is 0.390. The number of hydrogen-bond acceptors (Lipinski definition) is 2. The number of rotatable bonds is 3. The molecule has 1 aliphatic rings. The minimum absolute atomic E-state index is 0.0115. The summed E-state index contributed by atoms with van der Waals surface area (Å²) in [5.74, 6) is -0.770. The first-order valence-corrected chi connectivity index (χ1v) is 7.71. The SMILES string of the molecule is O=S(=O)(NC1CC(Cl)C1)c1ccc(Br)cc1F. The van der Waals surface area contributed by atoms with Crippen LogP contribution in [0.5, 0.6) is 0 Å². The molecule has 0 aliphatic heterocycles. The summed E-state index contributed by atoms with van der Waals surface area (Å²) in [6.07, 6.45) is 1.16. The van der Waals surface area contributed by atoms with E-state index < -0.39 is 15.8 Å². The van der Waals surface area contributed by atoms with Crippen molar-refractivity contribution in [3.05, 3.63) is 28.5 Å². The third kappa shape index (κ3) is 2.99. The zero-order valence-electron chi connectivity index (χ0n) is 8.66. The topological polar surface area (TPSA) is 46.2 Å². The quantitative estimate of drug-likeness (QED) is 0.858. The molecule has 0 heterocycles. The molecule has 1 saturated carbocycles. The van der Waals surface area contributed by atoms with Gasteiger partial charge in [0.15, 0.2) is 0 Å². The third-order valence-electron chi connectivity index (χ3n) is 2.59. The normalized spacial score (nSPS) is 24.4. The Kier molecular flexibility index (Phi) is 3.77. The van der Waals surface area contributed by atoms with Crippen molar-refractivity contribution >= 4 is 37.6 Å². The second-order valence-electron chi connectivity index (χ2n) is 3.96. The van der Waals surface area contributed by atoms with Crippen molar-refractivity contribution in [2.75, 3.05) is 0 Å². The molecule has 1 fully saturated rings. The van der Waals surface area contributed by atoms with Gasteiger partial charge < -0.3 is 0 Å². The van der Waals surface area contributed by atoms with Crippen LogP contribution in [0.2, 0.25) is 0 Å². The maximum Gasteiger partial charge on any atom is 0.243 e. The lowest BCUT2D eigenvalue weighted by Crippen LogP contribution is -2.44. The first-order valence-electron chi connectivity index (χ1n) is 5.00. The summed E-state index contributed by atoms with van der Waals surface area (Å²) in [6.45, 7) is 0. The van der Waals surface area contributed by atoms with E-state index in [1.807, 2.05) is 0 Å². The van der Waals surface area contributed by atoms with Crippen LogP contribution in [0.15, 0.2) is 27.6 Å². The number of hydrogen-bond donors (Lipinski definition) is 1. The largest absolute Gasteiger partial charge is 0.243 e. The summed E-state index contributed by atoms with van der Waals surface area (Å²) in [5, 5.41) is 0.0115. The van der Waals surface area contributed by atoms with Crippen molar-refractivity contribution in [3.63, 3.8) is 0 Å². The molecule has 0 atom stereocenters. The van der Waals surface area contributed by atoms with E-state index >= 15 is 0 Å². The number of halogens is 3. The highest BCUT2D eigenvalue weighted by Crippen LogP contribution is 2.27. The van der Waals surface area contributed by atoms with Crippen molar-refractivity contribution in [3.8, 4) is 0 Å². The summed E-state index contributed by atoms with van der Waals surface area (Å²) in [4.78, 5) is -0.335. The molecule has 3 nitrogen and oxygen atoms in total. The van der Waals surface area contributed by atoms with Gasteiger partial charge in [-0.15, -0.1) is 11.6 Å². The van der Waals surface area contributed by atoms with Crippen molar-refractivity contribution in [2.24, 2.45) is 0 Å². The van der Waals surface area contributed by atoms with Crippen LogP contribution in [0, 0.1) is 5.82 Å². The highest BCUT2D eigenvalue weighted by molar-refractivity contribution is 9.10. The Hall–Kier alpha value is -0.170. The van der Waals surface area contributed by atoms with Crippen molar-refractivity contribution in [1.82, 2.24) is 4.72 Å². The number of nitrogens with one attached hydrogen (secondary N) is 1. The molecule has 1 aliphatic carbocycles. The minimum atomic E-state index is -3.80. The van der Waals surface area contributed by atoms with E-state index in [0.717, 1.165) is 6.07 Å². The fraction of sp³-hybridized carbons (Fsp3) is 0.400. The number of benzene rings is 1. The van der Waals surface area contributed by atoms with Crippen LogP contribution in [0.3, 0.4) is 0 Å². The van der Waals surface area contributed by atoms with E-state index in [1.54, 1.807) is 0 Å². The molecule has 0 radical (unpaired) electrons. The predicted octanol–water partition coefficient (Wildman–Crippen LogP) is 2.64. The summed E-state index contributed by atoms with van der Waals surface area (Å²) in [7, 11) is -3.80. The summed E-state index contributed by atoms with van der Waals surface area (Å²) in [6, 6.07) is 3.66. The molecule has 0 spiro atoms. The van der Waals surface area contributed by atoms with E-state index in [1.165, 1.54) is 12.1 Å². The molecule has 7 heteroatoms. The first-order chi connectivity index (χ1) is 7.88. The second kappa shape index (κ2) is 4.84. The van der Waals surface area contributed by atoms with Crippen LogP contribution in [-0.4, -0.2) is 19.8 Å². The van der Waals surface area contributed by atoms with Crippen LogP contribution >= 0.6 is 27.5 Å². The monoisotopic (exact) mass is 341 g/mol. The van der Waals surface area contributed by atoms with Crippen LogP contribution in [-0.2, 0) is 10.0 Å². The van der Waals surface area contributed by atoms with Gasteiger partial charge in [0.25, 0.3) is 0 Å². The standard InChI is InChI=1S/C10H10BrClFNO2S/c11-6-1-2-10(9(13)3-6)17(15,16)14-8-4-7(12)5-8/h1-3,7-8,14H,4-5H2. The van der Waals surface area contributed by atoms with Crippen molar-refractivity contribution < 1.29 is 12.8 Å². The van der Waals surface area contributed by atoms with Crippen LogP contribution in [0.4, 0.5) is 4.39 Å². The molecule has 0 amide bonds. The van der Waals surface area contributed by atoms with E-state index in [9.17, 15) is 12.8 Å². The maximum absolute atomic E-state index is 13.5. The number of alkyl halides is 1. The molecule has 2 rings (SSSR count). The Morgan fingerprint density at radius 2 is 2.06 bits per heavy atom. The average molecular weight is 343 g/mol. The fourth-order valence-corrected chi connectivity index (χ4v) is 3.71. The van der Waals surface area contributed by atoms with Gasteiger partial charge in [-0.3, -0.25) is 0 Å². The van der Waals surface area contributed by atoms with Crippen molar-refractivity contribution in [2.45, 2.75) is 29.2 Å². The molecular formula is C10H10BrClFNO2S. The third-order valence-corrected chi connectivity index (χ3v) is 4.99.